The first-order valence-electron chi connectivity index (χ1n) is 9.43. The number of carbonyl (C=O) groups is 2. The molecule has 3 rings (SSSR count). The molecule has 7 nitrogen and oxygen atoms in total. The quantitative estimate of drug-likeness (QED) is 0.546. The van der Waals surface area contributed by atoms with Crippen LogP contribution in [-0.2, 0) is 17.9 Å². The second-order valence-electron chi connectivity index (χ2n) is 6.60. The van der Waals surface area contributed by atoms with Crippen molar-refractivity contribution < 1.29 is 14.0 Å². The van der Waals surface area contributed by atoms with Crippen LogP contribution in [-0.4, -0.2) is 22.9 Å². The topological polar surface area (TPSA) is 93.3 Å². The third kappa shape index (κ3) is 6.21. The van der Waals surface area contributed by atoms with Crippen LogP contribution in [0.5, 0.6) is 0 Å². The van der Waals surface area contributed by atoms with Crippen LogP contribution in [0.25, 0.3) is 0 Å². The lowest BCUT2D eigenvalue weighted by Crippen LogP contribution is -2.27. The van der Waals surface area contributed by atoms with Crippen molar-refractivity contribution in [3.8, 4) is 0 Å². The highest BCUT2D eigenvalue weighted by Gasteiger charge is 2.08. The zero-order valence-corrected chi connectivity index (χ0v) is 16.0. The van der Waals surface area contributed by atoms with Gasteiger partial charge in [-0.15, -0.1) is 0 Å². The van der Waals surface area contributed by atoms with E-state index in [1.165, 1.54) is 12.3 Å². The number of nitrogens with zero attached hydrogens (tertiary/aromatic N) is 1. The number of aromatic nitrogens is 1. The van der Waals surface area contributed by atoms with Gasteiger partial charge in [0, 0.05) is 31.8 Å². The second kappa shape index (κ2) is 10.1. The molecule has 0 atom stereocenters. The number of furan rings is 1. The van der Waals surface area contributed by atoms with Gasteiger partial charge in [0.05, 0.1) is 12.8 Å². The van der Waals surface area contributed by atoms with E-state index in [1.807, 2.05) is 30.3 Å². The number of hydrogen-bond donors (Lipinski definition) is 2. The lowest BCUT2D eigenvalue weighted by molar-refractivity contribution is -0.121. The Bertz CT molecular complexity index is 991. The molecule has 3 aromatic rings. The van der Waals surface area contributed by atoms with E-state index in [2.05, 4.69) is 10.6 Å². The van der Waals surface area contributed by atoms with Gasteiger partial charge in [0.15, 0.2) is 5.76 Å². The van der Waals surface area contributed by atoms with E-state index in [4.69, 9.17) is 4.42 Å². The molecule has 2 aromatic heterocycles. The summed E-state index contributed by atoms with van der Waals surface area (Å²) in [5, 5.41) is 5.57. The van der Waals surface area contributed by atoms with Crippen LogP contribution in [0.4, 0.5) is 0 Å². The molecule has 7 heteroatoms. The van der Waals surface area contributed by atoms with Crippen LogP contribution >= 0.6 is 0 Å². The van der Waals surface area contributed by atoms with Crippen LogP contribution in [0.1, 0.15) is 34.5 Å². The van der Waals surface area contributed by atoms with Gasteiger partial charge in [-0.25, -0.2) is 0 Å². The monoisotopic (exact) mass is 393 g/mol. The summed E-state index contributed by atoms with van der Waals surface area (Å²) in [5.41, 5.74) is 1.96. The molecule has 29 heavy (non-hydrogen) atoms. The van der Waals surface area contributed by atoms with E-state index in [-0.39, 0.29) is 23.1 Å². The number of benzene rings is 1. The number of carbonyl (C=O) groups excluding carboxylic acids is 2. The first-order valence-corrected chi connectivity index (χ1v) is 9.43. The number of hydrogen-bond acceptors (Lipinski definition) is 4. The lowest BCUT2D eigenvalue weighted by Gasteiger charge is -2.08. The summed E-state index contributed by atoms with van der Waals surface area (Å²) < 4.78 is 6.64. The fourth-order valence-corrected chi connectivity index (χ4v) is 2.79. The molecule has 0 aliphatic carbocycles. The van der Waals surface area contributed by atoms with Crippen LogP contribution in [0.15, 0.2) is 76.3 Å². The smallest absolute Gasteiger partial charge is 0.286 e. The summed E-state index contributed by atoms with van der Waals surface area (Å²) in [7, 11) is 0. The summed E-state index contributed by atoms with van der Waals surface area (Å²) in [6, 6.07) is 16.1. The highest BCUT2D eigenvalue weighted by molar-refractivity contribution is 5.91. The number of rotatable bonds is 9. The molecule has 0 unspecified atom stereocenters. The van der Waals surface area contributed by atoms with Crippen molar-refractivity contribution in [2.75, 3.05) is 6.54 Å². The number of pyridine rings is 1. The minimum Gasteiger partial charge on any atom is -0.459 e. The Labute approximate surface area is 168 Å². The van der Waals surface area contributed by atoms with E-state index < -0.39 is 0 Å². The Morgan fingerprint density at radius 2 is 1.72 bits per heavy atom. The average Bonchev–Trinajstić information content (AvgIpc) is 3.27. The largest absolute Gasteiger partial charge is 0.459 e. The Kier molecular flexibility index (Phi) is 7.00. The Hall–Kier alpha value is -3.61. The fourth-order valence-electron chi connectivity index (χ4n) is 2.79. The molecule has 1 aromatic carbocycles. The summed E-state index contributed by atoms with van der Waals surface area (Å²) >= 11 is 0. The standard InChI is InChI=1S/C22H23N3O4/c26-20(6-3-12-23-22(28)19-5-4-14-29-19)24-15-17-8-10-18(11-9-17)16-25-13-2-1-7-21(25)27/h1-2,4-5,7-11,13-14H,3,6,12,15-16H2,(H,23,28)(H,24,26). The lowest BCUT2D eigenvalue weighted by atomic mass is 10.1. The molecular weight excluding hydrogens is 370 g/mol. The highest BCUT2D eigenvalue weighted by atomic mass is 16.3. The van der Waals surface area contributed by atoms with E-state index in [1.54, 1.807) is 29.0 Å². The van der Waals surface area contributed by atoms with Crippen molar-refractivity contribution in [1.82, 2.24) is 15.2 Å². The molecular formula is C22H23N3O4. The van der Waals surface area contributed by atoms with Crippen molar-refractivity contribution in [3.63, 3.8) is 0 Å². The van der Waals surface area contributed by atoms with Crippen LogP contribution in [0, 0.1) is 0 Å². The predicted octanol–water partition coefficient (Wildman–Crippen LogP) is 2.32. The zero-order chi connectivity index (χ0) is 20.5. The van der Waals surface area contributed by atoms with E-state index >= 15 is 0 Å². The number of nitrogens with one attached hydrogen (secondary N) is 2. The Balaban J connectivity index is 1.36. The van der Waals surface area contributed by atoms with E-state index in [0.29, 0.717) is 32.5 Å². The van der Waals surface area contributed by atoms with Crippen LogP contribution in [0.2, 0.25) is 0 Å². The van der Waals surface area contributed by atoms with Gasteiger partial charge in [0.25, 0.3) is 11.5 Å². The van der Waals surface area contributed by atoms with E-state index in [9.17, 15) is 14.4 Å². The van der Waals surface area contributed by atoms with Gasteiger partial charge in [-0.2, -0.15) is 0 Å². The first-order chi connectivity index (χ1) is 14.1. The second-order valence-corrected chi connectivity index (χ2v) is 6.60. The van der Waals surface area contributed by atoms with Gasteiger partial charge in [-0.3, -0.25) is 14.4 Å². The summed E-state index contributed by atoms with van der Waals surface area (Å²) in [5.74, 6) is -0.0968. The molecule has 0 radical (unpaired) electrons. The minimum atomic E-state index is -0.284. The molecule has 2 N–H and O–H groups in total. The van der Waals surface area contributed by atoms with Gasteiger partial charge in [0.2, 0.25) is 5.91 Å². The van der Waals surface area contributed by atoms with Gasteiger partial charge in [-0.1, -0.05) is 30.3 Å². The molecule has 0 aliphatic rings. The predicted molar refractivity (Wildman–Crippen MR) is 108 cm³/mol. The molecule has 0 saturated carbocycles. The summed E-state index contributed by atoms with van der Waals surface area (Å²) in [4.78, 5) is 35.4. The maximum absolute atomic E-state index is 12.0. The van der Waals surface area contributed by atoms with Gasteiger partial charge in [0.1, 0.15) is 0 Å². The molecule has 2 heterocycles. The van der Waals surface area contributed by atoms with Crippen molar-refractivity contribution in [3.05, 3.63) is 94.3 Å². The average molecular weight is 393 g/mol. The molecule has 150 valence electrons. The molecule has 0 spiro atoms. The van der Waals surface area contributed by atoms with E-state index in [0.717, 1.165) is 11.1 Å². The maximum Gasteiger partial charge on any atom is 0.286 e. The van der Waals surface area contributed by atoms with Gasteiger partial charge >= 0.3 is 0 Å². The van der Waals surface area contributed by atoms with Gasteiger partial charge in [-0.05, 0) is 35.7 Å². The maximum atomic E-state index is 12.0. The molecule has 0 bridgehead atoms. The zero-order valence-electron chi connectivity index (χ0n) is 16.0. The van der Waals surface area contributed by atoms with Crippen molar-refractivity contribution in [2.45, 2.75) is 25.9 Å². The Morgan fingerprint density at radius 1 is 0.931 bits per heavy atom. The minimum absolute atomic E-state index is 0.0378. The van der Waals surface area contributed by atoms with Crippen molar-refractivity contribution in [2.24, 2.45) is 0 Å². The normalized spacial score (nSPS) is 10.5. The summed E-state index contributed by atoms with van der Waals surface area (Å²) in [6.45, 7) is 1.35. The molecule has 0 saturated heterocycles. The SMILES string of the molecule is O=C(CCCNC(=O)c1ccco1)NCc1ccc(Cn2ccccc2=O)cc1. The van der Waals surface area contributed by atoms with Crippen molar-refractivity contribution >= 4 is 11.8 Å². The van der Waals surface area contributed by atoms with Crippen LogP contribution < -0.4 is 16.2 Å². The first kappa shape index (κ1) is 20.1. The third-order valence-corrected chi connectivity index (χ3v) is 4.38. The van der Waals surface area contributed by atoms with Gasteiger partial charge < -0.3 is 19.6 Å². The van der Waals surface area contributed by atoms with Crippen LogP contribution in [0.3, 0.4) is 0 Å². The molecule has 0 aliphatic heterocycles. The van der Waals surface area contributed by atoms with Crippen molar-refractivity contribution in [1.29, 1.82) is 0 Å². The molecule has 0 fully saturated rings. The Morgan fingerprint density at radius 3 is 2.45 bits per heavy atom. The third-order valence-electron chi connectivity index (χ3n) is 4.38. The highest BCUT2D eigenvalue weighted by Crippen LogP contribution is 2.06. The number of amides is 2. The fraction of sp³-hybridized carbons (Fsp3) is 0.227. The molecule has 2 amide bonds. The summed E-state index contributed by atoms with van der Waals surface area (Å²) in [6.07, 6.45) is 4.07.